The highest BCUT2D eigenvalue weighted by atomic mass is 127. The molecule has 3 rings (SSSR count). The Labute approximate surface area is 155 Å². The number of phenols is 1. The number of phenolic OH excluding ortho intramolecular Hbond substituents is 1. The summed E-state index contributed by atoms with van der Waals surface area (Å²) in [7, 11) is 0. The third-order valence-electron chi connectivity index (χ3n) is 3.44. The molecule has 1 saturated heterocycles. The van der Waals surface area contributed by atoms with Crippen LogP contribution in [0.15, 0.2) is 47.4 Å². The van der Waals surface area contributed by atoms with E-state index in [1.807, 2.05) is 0 Å². The van der Waals surface area contributed by atoms with Crippen LogP contribution in [0.3, 0.4) is 0 Å². The van der Waals surface area contributed by atoms with Gasteiger partial charge in [-0.2, -0.15) is 0 Å². The van der Waals surface area contributed by atoms with Crippen molar-refractivity contribution in [2.75, 3.05) is 0 Å². The van der Waals surface area contributed by atoms with Gasteiger partial charge in [-0.05, 0) is 64.7 Å². The van der Waals surface area contributed by atoms with E-state index in [0.717, 1.165) is 20.2 Å². The van der Waals surface area contributed by atoms with Crippen molar-refractivity contribution in [3.05, 3.63) is 67.9 Å². The molecule has 1 heterocycles. The molecule has 1 aliphatic rings. The summed E-state index contributed by atoms with van der Waals surface area (Å²) in [5, 5.41) is 9.41. The Bertz CT molecular complexity index is 869. The van der Waals surface area contributed by atoms with Crippen molar-refractivity contribution in [2.24, 2.45) is 0 Å². The molecule has 2 aromatic carbocycles. The van der Waals surface area contributed by atoms with Gasteiger partial charge in [-0.25, -0.2) is 4.39 Å². The van der Waals surface area contributed by atoms with E-state index in [-0.39, 0.29) is 22.8 Å². The Morgan fingerprint density at radius 1 is 1.21 bits per heavy atom. The minimum atomic E-state index is -0.494. The second kappa shape index (κ2) is 6.94. The molecule has 0 aliphatic carbocycles. The van der Waals surface area contributed by atoms with E-state index in [1.165, 1.54) is 24.3 Å². The Kier molecular flexibility index (Phi) is 4.91. The number of carbonyl (C=O) groups excluding carboxylic acids is 2. The number of benzene rings is 2. The number of halogens is 2. The number of thioether (sulfide) groups is 1. The van der Waals surface area contributed by atoms with Gasteiger partial charge in [0.25, 0.3) is 11.1 Å². The Balaban J connectivity index is 1.88. The quantitative estimate of drug-likeness (QED) is 0.552. The van der Waals surface area contributed by atoms with E-state index in [1.54, 1.807) is 24.3 Å². The number of imide groups is 1. The van der Waals surface area contributed by atoms with E-state index in [0.29, 0.717) is 5.56 Å². The zero-order chi connectivity index (χ0) is 17.3. The highest BCUT2D eigenvalue weighted by Gasteiger charge is 2.35. The van der Waals surface area contributed by atoms with Crippen LogP contribution in [-0.2, 0) is 11.3 Å². The molecule has 1 N–H and O–H groups in total. The average molecular weight is 455 g/mol. The van der Waals surface area contributed by atoms with E-state index in [9.17, 15) is 19.1 Å². The maximum absolute atomic E-state index is 13.7. The summed E-state index contributed by atoms with van der Waals surface area (Å²) in [5.41, 5.74) is 0.733. The molecule has 2 amide bonds. The predicted octanol–water partition coefficient (Wildman–Crippen LogP) is 4.37. The Morgan fingerprint density at radius 2 is 1.96 bits per heavy atom. The lowest BCUT2D eigenvalue weighted by Gasteiger charge is -2.12. The van der Waals surface area contributed by atoms with Crippen molar-refractivity contribution in [3.8, 4) is 5.75 Å². The molecular formula is C17H11FINO3S. The van der Waals surface area contributed by atoms with Gasteiger partial charge in [-0.3, -0.25) is 14.5 Å². The molecule has 122 valence electrons. The monoisotopic (exact) mass is 455 g/mol. The molecule has 7 heteroatoms. The van der Waals surface area contributed by atoms with Gasteiger partial charge in [-0.15, -0.1) is 0 Å². The van der Waals surface area contributed by atoms with E-state index in [4.69, 9.17) is 0 Å². The Hall–Kier alpha value is -1.87. The summed E-state index contributed by atoms with van der Waals surface area (Å²) in [4.78, 5) is 25.7. The molecule has 0 saturated carbocycles. The fourth-order valence-electron chi connectivity index (χ4n) is 2.22. The van der Waals surface area contributed by atoms with Crippen LogP contribution in [-0.4, -0.2) is 21.2 Å². The highest BCUT2D eigenvalue weighted by molar-refractivity contribution is 14.1. The van der Waals surface area contributed by atoms with E-state index < -0.39 is 17.0 Å². The first kappa shape index (κ1) is 17.0. The molecule has 1 fully saturated rings. The number of amides is 2. The second-order valence-corrected chi connectivity index (χ2v) is 7.30. The van der Waals surface area contributed by atoms with Gasteiger partial charge in [0.2, 0.25) is 0 Å². The lowest BCUT2D eigenvalue weighted by molar-refractivity contribution is -0.123. The minimum absolute atomic E-state index is 0.0244. The van der Waals surface area contributed by atoms with Crippen molar-refractivity contribution in [2.45, 2.75) is 6.54 Å². The van der Waals surface area contributed by atoms with Gasteiger partial charge in [0, 0.05) is 14.7 Å². The largest absolute Gasteiger partial charge is 0.507 e. The van der Waals surface area contributed by atoms with Gasteiger partial charge in [0.15, 0.2) is 0 Å². The van der Waals surface area contributed by atoms with Crippen molar-refractivity contribution in [1.82, 2.24) is 4.90 Å². The van der Waals surface area contributed by atoms with Crippen LogP contribution in [0.4, 0.5) is 9.18 Å². The van der Waals surface area contributed by atoms with Crippen molar-refractivity contribution in [1.29, 1.82) is 0 Å². The lowest BCUT2D eigenvalue weighted by Crippen LogP contribution is -2.27. The number of carbonyl (C=O) groups is 2. The predicted molar refractivity (Wildman–Crippen MR) is 98.7 cm³/mol. The number of aromatic hydroxyl groups is 1. The molecule has 24 heavy (non-hydrogen) atoms. The summed E-state index contributed by atoms with van der Waals surface area (Å²) >= 11 is 2.87. The van der Waals surface area contributed by atoms with Crippen LogP contribution in [0.2, 0.25) is 0 Å². The molecule has 4 nitrogen and oxygen atoms in total. The molecule has 0 bridgehead atoms. The van der Waals surface area contributed by atoms with Crippen LogP contribution in [0.25, 0.3) is 6.08 Å². The second-order valence-electron chi connectivity index (χ2n) is 5.06. The van der Waals surface area contributed by atoms with Gasteiger partial charge in [0.1, 0.15) is 11.6 Å². The lowest BCUT2D eigenvalue weighted by atomic mass is 10.1. The number of hydrogen-bond donors (Lipinski definition) is 1. The van der Waals surface area contributed by atoms with E-state index in [2.05, 4.69) is 22.6 Å². The normalized spacial score (nSPS) is 16.2. The van der Waals surface area contributed by atoms with Crippen LogP contribution in [0.5, 0.6) is 5.75 Å². The average Bonchev–Trinajstić information content (AvgIpc) is 2.80. The van der Waals surface area contributed by atoms with Gasteiger partial charge in [-0.1, -0.05) is 18.2 Å². The maximum atomic E-state index is 13.7. The summed E-state index contributed by atoms with van der Waals surface area (Å²) in [6, 6.07) is 11.0. The van der Waals surface area contributed by atoms with Crippen LogP contribution < -0.4 is 0 Å². The number of hydrogen-bond acceptors (Lipinski definition) is 4. The molecule has 0 spiro atoms. The molecule has 2 aromatic rings. The van der Waals surface area contributed by atoms with Crippen LogP contribution in [0.1, 0.15) is 11.1 Å². The van der Waals surface area contributed by atoms with Crippen molar-refractivity contribution in [3.63, 3.8) is 0 Å². The SMILES string of the molecule is O=C1S/C(=C\c2cc(I)ccc2O)C(=O)N1Cc1ccccc1F. The van der Waals surface area contributed by atoms with Crippen LogP contribution >= 0.6 is 34.4 Å². The fourth-order valence-corrected chi connectivity index (χ4v) is 3.56. The highest BCUT2D eigenvalue weighted by Crippen LogP contribution is 2.35. The number of rotatable bonds is 3. The fraction of sp³-hybridized carbons (Fsp3) is 0.0588. The standard InChI is InChI=1S/C17H11FINO3S/c18-13-4-2-1-3-10(13)9-20-16(22)15(24-17(20)23)8-11-7-12(19)5-6-14(11)21/h1-8,21H,9H2/b15-8-. The first-order chi connectivity index (χ1) is 11.5. The van der Waals surface area contributed by atoms with Crippen molar-refractivity contribution < 1.29 is 19.1 Å². The first-order valence-electron chi connectivity index (χ1n) is 6.93. The third-order valence-corrected chi connectivity index (χ3v) is 5.01. The Morgan fingerprint density at radius 3 is 2.71 bits per heavy atom. The topological polar surface area (TPSA) is 57.6 Å². The van der Waals surface area contributed by atoms with Crippen LogP contribution in [0, 0.1) is 9.39 Å². The molecule has 0 atom stereocenters. The summed E-state index contributed by atoms with van der Waals surface area (Å²) in [6.45, 7) is -0.118. The molecule has 0 aromatic heterocycles. The molecular weight excluding hydrogens is 444 g/mol. The van der Waals surface area contributed by atoms with Gasteiger partial charge in [0.05, 0.1) is 11.4 Å². The zero-order valence-corrected chi connectivity index (χ0v) is 15.2. The summed E-state index contributed by atoms with van der Waals surface area (Å²) < 4.78 is 14.6. The summed E-state index contributed by atoms with van der Waals surface area (Å²) in [6.07, 6.45) is 1.48. The third kappa shape index (κ3) is 3.46. The van der Waals surface area contributed by atoms with Crippen molar-refractivity contribution >= 4 is 51.6 Å². The zero-order valence-electron chi connectivity index (χ0n) is 12.2. The molecule has 1 aliphatic heterocycles. The summed E-state index contributed by atoms with van der Waals surface area (Å²) in [5.74, 6) is -0.932. The minimum Gasteiger partial charge on any atom is -0.507 e. The maximum Gasteiger partial charge on any atom is 0.293 e. The molecule has 0 radical (unpaired) electrons. The smallest absolute Gasteiger partial charge is 0.293 e. The van der Waals surface area contributed by atoms with E-state index >= 15 is 0 Å². The van der Waals surface area contributed by atoms with Gasteiger partial charge >= 0.3 is 0 Å². The number of nitrogens with zero attached hydrogens (tertiary/aromatic N) is 1. The molecule has 0 unspecified atom stereocenters. The van der Waals surface area contributed by atoms with Gasteiger partial charge < -0.3 is 5.11 Å². The first-order valence-corrected chi connectivity index (χ1v) is 8.82.